The first-order valence-electron chi connectivity index (χ1n) is 6.73. The lowest BCUT2D eigenvalue weighted by atomic mass is 10.1. The number of amides is 3. The van der Waals surface area contributed by atoms with E-state index >= 15 is 0 Å². The van der Waals surface area contributed by atoms with Gasteiger partial charge in [-0.15, -0.1) is 0 Å². The summed E-state index contributed by atoms with van der Waals surface area (Å²) in [5, 5.41) is 20.7. The molecule has 0 bridgehead atoms. The Morgan fingerprint density at radius 3 is 2.76 bits per heavy atom. The SMILES string of the molecule is CC1COC(CO)CN1C(=O)N1CC(=O)NCC1C(=O)O. The molecule has 0 aromatic heterocycles. The van der Waals surface area contributed by atoms with Crippen LogP contribution in [0.1, 0.15) is 6.92 Å². The molecule has 0 radical (unpaired) electrons. The van der Waals surface area contributed by atoms with Gasteiger partial charge in [-0.1, -0.05) is 0 Å². The van der Waals surface area contributed by atoms with Gasteiger partial charge in [-0.2, -0.15) is 0 Å². The summed E-state index contributed by atoms with van der Waals surface area (Å²) in [5.41, 5.74) is 0. The van der Waals surface area contributed by atoms with Crippen molar-refractivity contribution in [3.05, 3.63) is 0 Å². The molecule has 2 heterocycles. The van der Waals surface area contributed by atoms with Crippen molar-refractivity contribution < 1.29 is 29.3 Å². The second-order valence-electron chi connectivity index (χ2n) is 5.21. The number of hydrogen-bond donors (Lipinski definition) is 3. The Labute approximate surface area is 121 Å². The maximum Gasteiger partial charge on any atom is 0.328 e. The number of rotatable bonds is 2. The molecular weight excluding hydrogens is 282 g/mol. The van der Waals surface area contributed by atoms with Gasteiger partial charge in [0, 0.05) is 6.54 Å². The van der Waals surface area contributed by atoms with Crippen LogP contribution in [0.25, 0.3) is 0 Å². The molecule has 2 aliphatic heterocycles. The summed E-state index contributed by atoms with van der Waals surface area (Å²) in [6.07, 6.45) is -0.493. The molecule has 2 fully saturated rings. The summed E-state index contributed by atoms with van der Waals surface area (Å²) in [6.45, 7) is 1.58. The van der Waals surface area contributed by atoms with E-state index in [2.05, 4.69) is 5.32 Å². The monoisotopic (exact) mass is 301 g/mol. The average Bonchev–Trinajstić information content (AvgIpc) is 2.46. The van der Waals surface area contributed by atoms with E-state index in [0.717, 1.165) is 4.90 Å². The molecule has 0 spiro atoms. The fourth-order valence-electron chi connectivity index (χ4n) is 2.42. The predicted octanol–water partition coefficient (Wildman–Crippen LogP) is -1.93. The minimum Gasteiger partial charge on any atom is -0.480 e. The van der Waals surface area contributed by atoms with E-state index in [1.807, 2.05) is 0 Å². The number of aliphatic hydroxyl groups is 1. The van der Waals surface area contributed by atoms with Crippen molar-refractivity contribution in [1.29, 1.82) is 0 Å². The molecule has 0 aromatic rings. The van der Waals surface area contributed by atoms with E-state index in [1.54, 1.807) is 6.92 Å². The van der Waals surface area contributed by atoms with Gasteiger partial charge >= 0.3 is 12.0 Å². The van der Waals surface area contributed by atoms with Crippen LogP contribution in [0.5, 0.6) is 0 Å². The fourth-order valence-corrected chi connectivity index (χ4v) is 2.42. The van der Waals surface area contributed by atoms with Crippen LogP contribution in [0.2, 0.25) is 0 Å². The Hall–Kier alpha value is -1.87. The molecule has 2 aliphatic rings. The molecular formula is C12H19N3O6. The number of nitrogens with one attached hydrogen (secondary N) is 1. The van der Waals surface area contributed by atoms with E-state index in [4.69, 9.17) is 9.84 Å². The number of aliphatic hydroxyl groups excluding tert-OH is 1. The molecule has 3 N–H and O–H groups in total. The topological polar surface area (TPSA) is 119 Å². The Balaban J connectivity index is 2.15. The van der Waals surface area contributed by atoms with Crippen LogP contribution in [-0.4, -0.2) is 89.0 Å². The third-order valence-corrected chi connectivity index (χ3v) is 3.67. The smallest absolute Gasteiger partial charge is 0.328 e. The van der Waals surface area contributed by atoms with E-state index in [-0.39, 0.29) is 44.8 Å². The highest BCUT2D eigenvalue weighted by atomic mass is 16.5. The van der Waals surface area contributed by atoms with Gasteiger partial charge in [0.15, 0.2) is 0 Å². The molecule has 21 heavy (non-hydrogen) atoms. The Kier molecular flexibility index (Phi) is 4.63. The maximum atomic E-state index is 12.6. The minimum atomic E-state index is -1.16. The summed E-state index contributed by atoms with van der Waals surface area (Å²) in [4.78, 5) is 37.7. The quantitative estimate of drug-likeness (QED) is 0.546. The van der Waals surface area contributed by atoms with Gasteiger partial charge in [0.05, 0.1) is 31.9 Å². The van der Waals surface area contributed by atoms with Crippen molar-refractivity contribution in [3.8, 4) is 0 Å². The third kappa shape index (κ3) is 3.24. The van der Waals surface area contributed by atoms with E-state index in [9.17, 15) is 19.5 Å². The van der Waals surface area contributed by atoms with E-state index in [0.29, 0.717) is 0 Å². The number of urea groups is 1. The van der Waals surface area contributed by atoms with Gasteiger partial charge in [0.2, 0.25) is 5.91 Å². The van der Waals surface area contributed by atoms with Crippen molar-refractivity contribution in [2.45, 2.75) is 25.1 Å². The van der Waals surface area contributed by atoms with Crippen molar-refractivity contribution in [3.63, 3.8) is 0 Å². The second kappa shape index (κ2) is 6.27. The number of nitrogens with zero attached hydrogens (tertiary/aromatic N) is 2. The van der Waals surface area contributed by atoms with Crippen LogP contribution >= 0.6 is 0 Å². The molecule has 0 aromatic carbocycles. The highest BCUT2D eigenvalue weighted by Gasteiger charge is 2.40. The summed E-state index contributed by atoms with van der Waals surface area (Å²) in [6, 6.07) is -1.86. The standard InChI is InChI=1S/C12H19N3O6/c1-7-6-21-8(5-16)3-14(7)12(20)15-4-10(17)13-2-9(15)11(18)19/h7-9,16H,2-6H2,1H3,(H,13,17)(H,18,19). The summed E-state index contributed by atoms with van der Waals surface area (Å²) in [5.74, 6) is -1.55. The summed E-state index contributed by atoms with van der Waals surface area (Å²) < 4.78 is 5.34. The zero-order valence-electron chi connectivity index (χ0n) is 11.7. The van der Waals surface area contributed by atoms with Crippen LogP contribution in [-0.2, 0) is 14.3 Å². The van der Waals surface area contributed by atoms with Crippen molar-refractivity contribution >= 4 is 17.9 Å². The number of morpholine rings is 1. The lowest BCUT2D eigenvalue weighted by Gasteiger charge is -2.42. The van der Waals surface area contributed by atoms with Gasteiger partial charge in [-0.25, -0.2) is 9.59 Å². The molecule has 0 saturated carbocycles. The number of piperazine rings is 1. The lowest BCUT2D eigenvalue weighted by molar-refractivity contribution is -0.145. The molecule has 3 unspecified atom stereocenters. The van der Waals surface area contributed by atoms with Crippen LogP contribution in [0, 0.1) is 0 Å². The van der Waals surface area contributed by atoms with Crippen LogP contribution < -0.4 is 5.32 Å². The Morgan fingerprint density at radius 2 is 2.14 bits per heavy atom. The minimum absolute atomic E-state index is 0.109. The lowest BCUT2D eigenvalue weighted by Crippen LogP contribution is -2.64. The third-order valence-electron chi connectivity index (χ3n) is 3.67. The van der Waals surface area contributed by atoms with Crippen molar-refractivity contribution in [2.24, 2.45) is 0 Å². The molecule has 0 aliphatic carbocycles. The normalized spacial score (nSPS) is 30.0. The zero-order valence-corrected chi connectivity index (χ0v) is 11.7. The molecule has 118 valence electrons. The summed E-state index contributed by atoms with van der Waals surface area (Å²) in [7, 11) is 0. The number of aliphatic carboxylic acids is 1. The molecule has 9 nitrogen and oxygen atoms in total. The average molecular weight is 301 g/mol. The second-order valence-corrected chi connectivity index (χ2v) is 5.21. The van der Waals surface area contributed by atoms with E-state index in [1.165, 1.54) is 4.90 Å². The fraction of sp³-hybridized carbons (Fsp3) is 0.750. The van der Waals surface area contributed by atoms with Gasteiger partial charge < -0.3 is 25.2 Å². The van der Waals surface area contributed by atoms with Crippen molar-refractivity contribution in [1.82, 2.24) is 15.1 Å². The molecule has 2 rings (SSSR count). The highest BCUT2D eigenvalue weighted by molar-refractivity contribution is 5.90. The number of hydrogen-bond acceptors (Lipinski definition) is 5. The molecule has 3 amide bonds. The van der Waals surface area contributed by atoms with Gasteiger partial charge in [-0.3, -0.25) is 9.69 Å². The number of carboxylic acid groups (broad SMARTS) is 1. The summed E-state index contributed by atoms with van der Waals surface area (Å²) >= 11 is 0. The largest absolute Gasteiger partial charge is 0.480 e. The zero-order chi connectivity index (χ0) is 15.6. The number of carbonyl (C=O) groups is 3. The number of ether oxygens (including phenoxy) is 1. The number of carbonyl (C=O) groups excluding carboxylic acids is 2. The Bertz CT molecular complexity index is 443. The number of carboxylic acids is 1. The Morgan fingerprint density at radius 1 is 1.43 bits per heavy atom. The van der Waals surface area contributed by atoms with Crippen molar-refractivity contribution in [2.75, 3.05) is 32.8 Å². The van der Waals surface area contributed by atoms with Crippen LogP contribution in [0.4, 0.5) is 4.79 Å². The molecule has 9 heteroatoms. The van der Waals surface area contributed by atoms with Gasteiger partial charge in [0.25, 0.3) is 0 Å². The molecule has 3 atom stereocenters. The predicted molar refractivity (Wildman–Crippen MR) is 69.5 cm³/mol. The van der Waals surface area contributed by atoms with Gasteiger partial charge in [0.1, 0.15) is 12.6 Å². The van der Waals surface area contributed by atoms with Gasteiger partial charge in [-0.05, 0) is 6.92 Å². The maximum absolute atomic E-state index is 12.6. The van der Waals surface area contributed by atoms with Crippen LogP contribution in [0.3, 0.4) is 0 Å². The first-order valence-corrected chi connectivity index (χ1v) is 6.73. The highest BCUT2D eigenvalue weighted by Crippen LogP contribution is 2.16. The first-order chi connectivity index (χ1) is 9.93. The molecule has 2 saturated heterocycles. The van der Waals surface area contributed by atoms with Crippen LogP contribution in [0.15, 0.2) is 0 Å². The first kappa shape index (κ1) is 15.5. The van der Waals surface area contributed by atoms with E-state index < -0.39 is 24.1 Å².